The van der Waals surface area contributed by atoms with Crippen LogP contribution in [-0.2, 0) is 4.74 Å². The molecule has 0 aliphatic carbocycles. The summed E-state index contributed by atoms with van der Waals surface area (Å²) in [5.74, 6) is 2.37. The fourth-order valence-electron chi connectivity index (χ4n) is 3.48. The highest BCUT2D eigenvalue weighted by Gasteiger charge is 2.24. The summed E-state index contributed by atoms with van der Waals surface area (Å²) in [5, 5.41) is 6.82. The topological polar surface area (TPSA) is 67.4 Å². The Morgan fingerprint density at radius 3 is 2.47 bits per heavy atom. The minimum atomic E-state index is 0. The van der Waals surface area contributed by atoms with Gasteiger partial charge in [-0.25, -0.2) is 0 Å². The number of ether oxygens (including phenoxy) is 3. The molecule has 0 bridgehead atoms. The number of guanidine groups is 1. The Kier molecular flexibility index (Phi) is 13.9. The lowest BCUT2D eigenvalue weighted by molar-refractivity contribution is 0.0179. The second-order valence-electron chi connectivity index (χ2n) is 7.13. The van der Waals surface area contributed by atoms with Crippen molar-refractivity contribution in [3.8, 4) is 11.5 Å². The minimum Gasteiger partial charge on any atom is -0.493 e. The largest absolute Gasteiger partial charge is 0.493 e. The SMILES string of the molecule is CCCCCNC(=NCC(c1ccc(OC)c(OC)c1)N1CCOCC1)NCC.I. The number of rotatable bonds is 11. The van der Waals surface area contributed by atoms with Crippen molar-refractivity contribution in [3.05, 3.63) is 23.8 Å². The molecule has 0 spiro atoms. The van der Waals surface area contributed by atoms with Gasteiger partial charge in [0.25, 0.3) is 0 Å². The van der Waals surface area contributed by atoms with Gasteiger partial charge in [-0.15, -0.1) is 24.0 Å². The fraction of sp³-hybridized carbons (Fsp3) is 0.682. The van der Waals surface area contributed by atoms with E-state index in [1.165, 1.54) is 18.4 Å². The second-order valence-corrected chi connectivity index (χ2v) is 7.13. The molecule has 1 atom stereocenters. The summed E-state index contributed by atoms with van der Waals surface area (Å²) in [6, 6.07) is 6.30. The summed E-state index contributed by atoms with van der Waals surface area (Å²) >= 11 is 0. The van der Waals surface area contributed by atoms with Crippen LogP contribution in [0, 0.1) is 0 Å². The molecule has 1 aliphatic rings. The Bertz CT molecular complexity index is 624. The summed E-state index contributed by atoms with van der Waals surface area (Å²) in [6.07, 6.45) is 3.60. The maximum atomic E-state index is 5.56. The van der Waals surface area contributed by atoms with E-state index in [-0.39, 0.29) is 30.0 Å². The predicted molar refractivity (Wildman–Crippen MR) is 134 cm³/mol. The van der Waals surface area contributed by atoms with E-state index >= 15 is 0 Å². The first kappa shape index (κ1) is 26.8. The van der Waals surface area contributed by atoms with Crippen molar-refractivity contribution in [3.63, 3.8) is 0 Å². The number of nitrogens with one attached hydrogen (secondary N) is 2. The lowest BCUT2D eigenvalue weighted by Crippen LogP contribution is -2.42. The molecule has 0 amide bonds. The van der Waals surface area contributed by atoms with Gasteiger partial charge < -0.3 is 24.8 Å². The molecular formula is C22H39IN4O3. The number of hydrogen-bond acceptors (Lipinski definition) is 5. The number of hydrogen-bond donors (Lipinski definition) is 2. The van der Waals surface area contributed by atoms with Gasteiger partial charge in [0.05, 0.1) is 40.0 Å². The van der Waals surface area contributed by atoms with Gasteiger partial charge in [0.2, 0.25) is 0 Å². The molecule has 1 heterocycles. The van der Waals surface area contributed by atoms with Crippen molar-refractivity contribution in [1.82, 2.24) is 15.5 Å². The molecule has 8 heteroatoms. The molecule has 0 saturated carbocycles. The number of aliphatic imine (C=N–C) groups is 1. The van der Waals surface area contributed by atoms with Crippen molar-refractivity contribution in [2.24, 2.45) is 4.99 Å². The van der Waals surface area contributed by atoms with E-state index in [1.54, 1.807) is 14.2 Å². The molecule has 1 aromatic carbocycles. The smallest absolute Gasteiger partial charge is 0.191 e. The van der Waals surface area contributed by atoms with Crippen LogP contribution in [0.3, 0.4) is 0 Å². The zero-order valence-electron chi connectivity index (χ0n) is 18.9. The minimum absolute atomic E-state index is 0. The number of benzene rings is 1. The molecule has 0 aromatic heterocycles. The summed E-state index contributed by atoms with van der Waals surface area (Å²) in [4.78, 5) is 7.34. The average molecular weight is 534 g/mol. The number of unbranched alkanes of at least 4 members (excludes halogenated alkanes) is 2. The maximum absolute atomic E-state index is 5.56. The molecule has 172 valence electrons. The van der Waals surface area contributed by atoms with Crippen molar-refractivity contribution in [2.75, 3.05) is 60.2 Å². The first-order chi connectivity index (χ1) is 14.2. The van der Waals surface area contributed by atoms with E-state index < -0.39 is 0 Å². The molecule has 0 radical (unpaired) electrons. The summed E-state index contributed by atoms with van der Waals surface area (Å²) in [7, 11) is 3.33. The first-order valence-corrected chi connectivity index (χ1v) is 10.8. The third kappa shape index (κ3) is 8.47. The Morgan fingerprint density at radius 2 is 1.83 bits per heavy atom. The molecule has 7 nitrogen and oxygen atoms in total. The van der Waals surface area contributed by atoms with E-state index in [9.17, 15) is 0 Å². The normalized spacial score (nSPS) is 15.8. The van der Waals surface area contributed by atoms with Gasteiger partial charge >= 0.3 is 0 Å². The Morgan fingerprint density at radius 1 is 1.10 bits per heavy atom. The van der Waals surface area contributed by atoms with E-state index in [1.807, 2.05) is 6.07 Å². The lowest BCUT2D eigenvalue weighted by atomic mass is 10.0. The van der Waals surface area contributed by atoms with E-state index in [0.29, 0.717) is 6.54 Å². The van der Waals surface area contributed by atoms with Crippen LogP contribution >= 0.6 is 24.0 Å². The highest BCUT2D eigenvalue weighted by molar-refractivity contribution is 14.0. The summed E-state index contributed by atoms with van der Waals surface area (Å²) < 4.78 is 16.5. The molecular weight excluding hydrogens is 495 g/mol. The van der Waals surface area contributed by atoms with Gasteiger partial charge in [-0.2, -0.15) is 0 Å². The number of halogens is 1. The zero-order chi connectivity index (χ0) is 20.9. The molecule has 1 unspecified atom stereocenters. The highest BCUT2D eigenvalue weighted by atomic mass is 127. The average Bonchev–Trinajstić information content (AvgIpc) is 2.77. The van der Waals surface area contributed by atoms with Crippen LogP contribution in [-0.4, -0.2) is 71.0 Å². The van der Waals surface area contributed by atoms with E-state index in [4.69, 9.17) is 19.2 Å². The molecule has 30 heavy (non-hydrogen) atoms. The molecule has 1 saturated heterocycles. The third-order valence-electron chi connectivity index (χ3n) is 5.12. The van der Waals surface area contributed by atoms with Crippen LogP contribution < -0.4 is 20.1 Å². The third-order valence-corrected chi connectivity index (χ3v) is 5.12. The van der Waals surface area contributed by atoms with Crippen molar-refractivity contribution >= 4 is 29.9 Å². The van der Waals surface area contributed by atoms with Crippen molar-refractivity contribution < 1.29 is 14.2 Å². The zero-order valence-corrected chi connectivity index (χ0v) is 21.2. The van der Waals surface area contributed by atoms with Gasteiger partial charge in [-0.1, -0.05) is 25.8 Å². The Hall–Kier alpha value is -1.26. The lowest BCUT2D eigenvalue weighted by Gasteiger charge is -2.34. The van der Waals surface area contributed by atoms with Crippen LogP contribution in [0.25, 0.3) is 0 Å². The van der Waals surface area contributed by atoms with E-state index in [2.05, 4.69) is 41.5 Å². The fourth-order valence-corrected chi connectivity index (χ4v) is 3.48. The van der Waals surface area contributed by atoms with Gasteiger partial charge in [0.15, 0.2) is 17.5 Å². The van der Waals surface area contributed by atoms with Gasteiger partial charge in [0, 0.05) is 26.2 Å². The molecule has 1 aromatic rings. The van der Waals surface area contributed by atoms with Crippen molar-refractivity contribution in [1.29, 1.82) is 0 Å². The second kappa shape index (κ2) is 15.5. The number of nitrogens with zero attached hydrogens (tertiary/aromatic N) is 2. The highest BCUT2D eigenvalue weighted by Crippen LogP contribution is 2.32. The predicted octanol–water partition coefficient (Wildman–Crippen LogP) is 3.44. The molecule has 2 N–H and O–H groups in total. The van der Waals surface area contributed by atoms with Gasteiger partial charge in [-0.3, -0.25) is 9.89 Å². The van der Waals surface area contributed by atoms with E-state index in [0.717, 1.165) is 63.3 Å². The first-order valence-electron chi connectivity index (χ1n) is 10.8. The van der Waals surface area contributed by atoms with Crippen LogP contribution in [0.2, 0.25) is 0 Å². The van der Waals surface area contributed by atoms with Crippen LogP contribution in [0.4, 0.5) is 0 Å². The standard InChI is InChI=1S/C22H38N4O3.HI/c1-5-7-8-11-24-22(23-6-2)25-17-19(26-12-14-29-15-13-26)18-9-10-20(27-3)21(16-18)28-4;/h9-10,16,19H,5-8,11-15,17H2,1-4H3,(H2,23,24,25);1H. The molecule has 1 fully saturated rings. The number of morpholine rings is 1. The quantitative estimate of drug-likeness (QED) is 0.196. The Labute approximate surface area is 199 Å². The van der Waals surface area contributed by atoms with Gasteiger partial charge in [0.1, 0.15) is 0 Å². The maximum Gasteiger partial charge on any atom is 0.191 e. The van der Waals surface area contributed by atoms with Crippen LogP contribution in [0.1, 0.15) is 44.7 Å². The summed E-state index contributed by atoms with van der Waals surface area (Å²) in [6.45, 7) is 10.1. The number of methoxy groups -OCH3 is 2. The summed E-state index contributed by atoms with van der Waals surface area (Å²) in [5.41, 5.74) is 1.18. The monoisotopic (exact) mass is 534 g/mol. The van der Waals surface area contributed by atoms with Crippen molar-refractivity contribution in [2.45, 2.75) is 39.2 Å². The van der Waals surface area contributed by atoms with Crippen LogP contribution in [0.5, 0.6) is 11.5 Å². The Balaban J connectivity index is 0.00000450. The molecule has 2 rings (SSSR count). The van der Waals surface area contributed by atoms with Crippen LogP contribution in [0.15, 0.2) is 23.2 Å². The van der Waals surface area contributed by atoms with Gasteiger partial charge in [-0.05, 0) is 31.0 Å². The molecule has 1 aliphatic heterocycles.